The quantitative estimate of drug-likeness (QED) is 0.0848. The lowest BCUT2D eigenvalue weighted by Gasteiger charge is -2.22. The Morgan fingerprint density at radius 3 is 1.36 bits per heavy atom. The van der Waals surface area contributed by atoms with Gasteiger partial charge in [-0.2, -0.15) is 0 Å². The van der Waals surface area contributed by atoms with Crippen LogP contribution in [0.5, 0.6) is 0 Å². The first-order chi connectivity index (χ1) is 51.8. The molecule has 4 atom stereocenters. The van der Waals surface area contributed by atoms with Crippen LogP contribution in [-0.4, -0.2) is 135 Å². The van der Waals surface area contributed by atoms with Gasteiger partial charge in [0.2, 0.25) is 0 Å². The summed E-state index contributed by atoms with van der Waals surface area (Å²) in [7, 11) is 3.00. The molecule has 0 saturated carbocycles. The Balaban J connectivity index is 0.000000123. The predicted molar refractivity (Wildman–Crippen MR) is 419 cm³/mol. The number of carbonyl (C=O) groups is 3. The summed E-state index contributed by atoms with van der Waals surface area (Å²) in [6.07, 6.45) is 26.4. The number of nitrogens with zero attached hydrogens (tertiary/aromatic N) is 17. The van der Waals surface area contributed by atoms with Crippen LogP contribution in [0, 0.1) is 0 Å². The standard InChI is InChI=1S/C23H22N4S.C13H10ClN3OS.C13H10ClN3S.C11H11N3O2.C10H8N2O.C9H6N2O2/c1-16(18-7-8-20-21(13-18)25-11-10-24-20)22-14-26-23(28-22)27-12-9-19(15-27)17-5-3-2-4-6-17;1-13(18,11-7-17-12(14)19-11)8-2-3-9-10(6-8)16-5-4-15-9;1-8(12-7-17-13(14)18-12)9-2-3-10-11(6-9)16-5-4-15-10;1-14(16-2)11(15)8-3-4-9-10(7-8)13-6-5-12-9;1-7(13)8-2-3-9-10(6-8)12-5-4-11-9;12-9(13)6-1-2-7-8(5-6)11-4-3-10-7/h2-8,10-11,13-14,16,19H,9,12,15H2,1H3;2-7,18H,1H3;2-8H,1H3;3-7H,1-2H3;2-6H,1H3;1-5H,(H,12,13). The fourth-order valence-electron chi connectivity index (χ4n) is 11.4. The van der Waals surface area contributed by atoms with Crippen LogP contribution >= 0.6 is 57.2 Å². The molecule has 1 aliphatic rings. The van der Waals surface area contributed by atoms with Gasteiger partial charge in [0, 0.05) is 152 Å². The van der Waals surface area contributed by atoms with Gasteiger partial charge in [-0.15, -0.1) is 34.0 Å². The van der Waals surface area contributed by atoms with Crippen LogP contribution in [-0.2, 0) is 10.4 Å². The molecule has 1 aliphatic heterocycles. The van der Waals surface area contributed by atoms with Crippen LogP contribution in [0.2, 0.25) is 8.93 Å². The molecular formula is C79H67Cl2N17O6S3. The van der Waals surface area contributed by atoms with Crippen LogP contribution in [0.1, 0.15) is 120 Å². The number of carbonyl (C=O) groups excluding carboxylic acids is 2. The van der Waals surface area contributed by atoms with Crippen molar-refractivity contribution in [1.29, 1.82) is 0 Å². The van der Waals surface area contributed by atoms with E-state index in [0.29, 0.717) is 53.3 Å². The number of fused-ring (bicyclic) bond motifs is 6. The third kappa shape index (κ3) is 18.9. The maximum absolute atomic E-state index is 11.8. The van der Waals surface area contributed by atoms with E-state index in [-0.39, 0.29) is 23.2 Å². The zero-order chi connectivity index (χ0) is 75.0. The Bertz CT molecular complexity index is 5690. The summed E-state index contributed by atoms with van der Waals surface area (Å²) >= 11 is 16.3. The number of aromatic carboxylic acids is 1. The second-order valence-corrected chi connectivity index (χ2v) is 28.7. The number of halogens is 2. The van der Waals surface area contributed by atoms with E-state index in [4.69, 9.17) is 38.1 Å². The lowest BCUT2D eigenvalue weighted by molar-refractivity contribution is -0.0756. The molecular weight excluding hydrogens is 1450 g/mol. The summed E-state index contributed by atoms with van der Waals surface area (Å²) < 4.78 is 0.994. The third-order valence-electron chi connectivity index (χ3n) is 17.4. The van der Waals surface area contributed by atoms with Gasteiger partial charge < -0.3 is 15.1 Å². The summed E-state index contributed by atoms with van der Waals surface area (Å²) in [5.74, 6) is 0.0479. The van der Waals surface area contributed by atoms with Crippen molar-refractivity contribution in [3.8, 4) is 0 Å². The summed E-state index contributed by atoms with van der Waals surface area (Å²) in [5, 5.41) is 21.7. The zero-order valence-corrected chi connectivity index (χ0v) is 62.4. The number of anilines is 1. The lowest BCUT2D eigenvalue weighted by atomic mass is 9.94. The van der Waals surface area contributed by atoms with E-state index in [0.717, 1.165) is 83.4 Å². The Hall–Kier alpha value is -11.6. The molecule has 1 fully saturated rings. The highest BCUT2D eigenvalue weighted by Crippen LogP contribution is 2.39. The molecule has 0 spiro atoms. The van der Waals surface area contributed by atoms with Crippen molar-refractivity contribution in [3.63, 3.8) is 0 Å². The minimum absolute atomic E-state index is 0.0487. The normalized spacial score (nSPS) is 13.4. The van der Waals surface area contributed by atoms with Gasteiger partial charge in [-0.1, -0.05) is 85.6 Å². The second kappa shape index (κ2) is 35.0. The number of carboxylic acids is 1. The molecule has 0 radical (unpaired) electrons. The minimum atomic E-state index is -1.14. The zero-order valence-electron chi connectivity index (χ0n) is 58.4. The van der Waals surface area contributed by atoms with Gasteiger partial charge >= 0.3 is 5.97 Å². The van der Waals surface area contributed by atoms with Crippen molar-refractivity contribution in [2.24, 2.45) is 0 Å². The lowest BCUT2D eigenvalue weighted by Crippen LogP contribution is -2.25. The molecule has 107 heavy (non-hydrogen) atoms. The Labute approximate surface area is 635 Å². The molecule has 7 aromatic carbocycles. The summed E-state index contributed by atoms with van der Waals surface area (Å²) in [4.78, 5) is 107. The first-order valence-electron chi connectivity index (χ1n) is 33.4. The average molecular weight is 1520 g/mol. The van der Waals surface area contributed by atoms with Gasteiger partial charge in [-0.3, -0.25) is 74.2 Å². The molecule has 10 heterocycles. The van der Waals surface area contributed by atoms with Crippen molar-refractivity contribution in [2.75, 3.05) is 32.1 Å². The number of carboxylic acid groups (broad SMARTS) is 1. The largest absolute Gasteiger partial charge is 0.478 e. The average Bonchev–Trinajstić information content (AvgIpc) is 1.00. The third-order valence-corrected chi connectivity index (χ3v) is 21.3. The van der Waals surface area contributed by atoms with Crippen LogP contribution in [0.25, 0.3) is 66.2 Å². The predicted octanol–water partition coefficient (Wildman–Crippen LogP) is 16.5. The number of hydrogen-bond acceptors (Lipinski definition) is 24. The number of rotatable bonds is 12. The van der Waals surface area contributed by atoms with E-state index in [1.807, 2.05) is 48.0 Å². The van der Waals surface area contributed by atoms with Crippen LogP contribution in [0.15, 0.2) is 232 Å². The molecule has 4 unspecified atom stereocenters. The molecule has 0 bridgehead atoms. The van der Waals surface area contributed by atoms with E-state index in [9.17, 15) is 19.5 Å². The first kappa shape index (κ1) is 75.1. The Morgan fingerprint density at radius 2 is 0.897 bits per heavy atom. The SMILES string of the molecule is CC(=O)c1ccc2nccnc2c1.CC(O)(c1ccc2nccnc2c1)c1cnc(Cl)s1.CC(c1ccc2nccnc2c1)c1cnc(Cl)s1.CC(c1ccc2nccnc2c1)c1cnc(N2CCC(c3ccccc3)C2)s1.CON(C)C(=O)c1ccc2nccnc2c1.O=C(O)c1ccc2nccnc2c1. The van der Waals surface area contributed by atoms with Crippen LogP contribution in [0.4, 0.5) is 5.13 Å². The highest BCUT2D eigenvalue weighted by atomic mass is 35.5. The molecule has 16 aromatic rings. The molecule has 1 amide bonds. The molecule has 1 saturated heterocycles. The van der Waals surface area contributed by atoms with Crippen molar-refractivity contribution in [2.45, 2.75) is 57.5 Å². The van der Waals surface area contributed by atoms with Crippen LogP contribution < -0.4 is 4.90 Å². The molecule has 536 valence electrons. The minimum Gasteiger partial charge on any atom is -0.478 e. The fourth-order valence-corrected chi connectivity index (χ4v) is 14.4. The topological polar surface area (TPSA) is 301 Å². The number of aliphatic hydroxyl groups is 1. The first-order valence-corrected chi connectivity index (χ1v) is 36.6. The van der Waals surface area contributed by atoms with Gasteiger partial charge in [0.15, 0.2) is 19.8 Å². The van der Waals surface area contributed by atoms with E-state index in [2.05, 4.69) is 149 Å². The molecule has 9 aromatic heterocycles. The number of hydroxylamine groups is 2. The van der Waals surface area contributed by atoms with Gasteiger partial charge in [0.25, 0.3) is 5.91 Å². The highest BCUT2D eigenvalue weighted by molar-refractivity contribution is 7.16. The number of Topliss-reactive ketones (excluding diaryl/α,β-unsaturated/α-hetero) is 1. The monoisotopic (exact) mass is 1520 g/mol. The molecule has 23 nitrogen and oxygen atoms in total. The number of hydrogen-bond donors (Lipinski definition) is 2. The van der Waals surface area contributed by atoms with Crippen molar-refractivity contribution >= 4 is 146 Å². The van der Waals surface area contributed by atoms with E-state index >= 15 is 0 Å². The Morgan fingerprint density at radius 1 is 0.495 bits per heavy atom. The van der Waals surface area contributed by atoms with Gasteiger partial charge in [0.05, 0.1) is 83.8 Å². The van der Waals surface area contributed by atoms with Crippen LogP contribution in [0.3, 0.4) is 0 Å². The summed E-state index contributed by atoms with van der Waals surface area (Å²) in [6, 6.07) is 44.0. The van der Waals surface area contributed by atoms with Gasteiger partial charge in [-0.25, -0.2) is 24.8 Å². The van der Waals surface area contributed by atoms with E-state index in [1.165, 1.54) is 83.0 Å². The van der Waals surface area contributed by atoms with Crippen molar-refractivity contribution < 1.29 is 29.4 Å². The van der Waals surface area contributed by atoms with Gasteiger partial charge in [-0.05, 0) is 134 Å². The summed E-state index contributed by atoms with van der Waals surface area (Å²) in [6.45, 7) is 9.77. The highest BCUT2D eigenvalue weighted by Gasteiger charge is 2.29. The number of thiazole rings is 3. The second-order valence-electron chi connectivity index (χ2n) is 24.4. The van der Waals surface area contributed by atoms with Gasteiger partial charge in [0.1, 0.15) is 5.60 Å². The number of amides is 1. The number of benzene rings is 7. The Kier molecular flexibility index (Phi) is 24.5. The molecule has 0 aliphatic carbocycles. The number of aromatic nitrogens is 15. The van der Waals surface area contributed by atoms with Crippen molar-refractivity contribution in [3.05, 3.63) is 295 Å². The van der Waals surface area contributed by atoms with E-state index < -0.39 is 11.6 Å². The molecule has 28 heteroatoms. The van der Waals surface area contributed by atoms with E-state index in [1.54, 1.807) is 131 Å². The van der Waals surface area contributed by atoms with Crippen molar-refractivity contribution in [1.82, 2.24) is 79.8 Å². The maximum Gasteiger partial charge on any atom is 0.335 e. The summed E-state index contributed by atoms with van der Waals surface area (Å²) in [5.41, 5.74) is 14.5. The maximum atomic E-state index is 11.8. The molecule has 17 rings (SSSR count). The smallest absolute Gasteiger partial charge is 0.335 e. The molecule has 2 N–H and O–H groups in total. The number of ketones is 1. The fraction of sp³-hybridized carbons (Fsp3) is 0.165.